The van der Waals surface area contributed by atoms with Crippen LogP contribution in [0.3, 0.4) is 0 Å². The third-order valence-electron chi connectivity index (χ3n) is 4.42. The largest absolute Gasteiger partial charge is 0.496 e. The van der Waals surface area contributed by atoms with E-state index in [-0.39, 0.29) is 5.91 Å². The van der Waals surface area contributed by atoms with Gasteiger partial charge in [-0.1, -0.05) is 30.3 Å². The summed E-state index contributed by atoms with van der Waals surface area (Å²) in [5.74, 6) is 1.02. The van der Waals surface area contributed by atoms with Crippen molar-refractivity contribution in [2.75, 3.05) is 12.4 Å². The molecule has 0 radical (unpaired) electrons. The summed E-state index contributed by atoms with van der Waals surface area (Å²) in [5.41, 5.74) is 3.93. The number of para-hydroxylation sites is 1. The second-order valence-corrected chi connectivity index (χ2v) is 6.16. The van der Waals surface area contributed by atoms with E-state index in [0.717, 1.165) is 35.5 Å². The molecule has 5 nitrogen and oxygen atoms in total. The van der Waals surface area contributed by atoms with E-state index in [1.165, 1.54) is 0 Å². The minimum Gasteiger partial charge on any atom is -0.496 e. The molecule has 1 saturated carbocycles. The van der Waals surface area contributed by atoms with Crippen LogP contribution in [0, 0.1) is 0 Å². The van der Waals surface area contributed by atoms with Crippen molar-refractivity contribution in [1.29, 1.82) is 0 Å². The molecule has 1 amide bonds. The Morgan fingerprint density at radius 1 is 1.12 bits per heavy atom. The van der Waals surface area contributed by atoms with Crippen molar-refractivity contribution in [3.05, 3.63) is 65.9 Å². The van der Waals surface area contributed by atoms with Gasteiger partial charge in [0.25, 0.3) is 5.91 Å². The van der Waals surface area contributed by atoms with Crippen molar-refractivity contribution in [3.63, 3.8) is 0 Å². The van der Waals surface area contributed by atoms with Gasteiger partial charge in [0.05, 0.1) is 18.5 Å². The van der Waals surface area contributed by atoms with Gasteiger partial charge in [-0.2, -0.15) is 5.10 Å². The molecule has 5 heteroatoms. The summed E-state index contributed by atoms with van der Waals surface area (Å²) >= 11 is 0. The van der Waals surface area contributed by atoms with Crippen LogP contribution in [0.5, 0.6) is 5.75 Å². The summed E-state index contributed by atoms with van der Waals surface area (Å²) in [4.78, 5) is 12.7. The Kier molecular flexibility index (Phi) is 3.98. The van der Waals surface area contributed by atoms with Crippen molar-refractivity contribution >= 4 is 11.6 Å². The molecule has 0 atom stereocenters. The zero-order valence-electron chi connectivity index (χ0n) is 14.0. The molecule has 1 aliphatic rings. The summed E-state index contributed by atoms with van der Waals surface area (Å²) < 4.78 is 5.46. The first-order valence-electron chi connectivity index (χ1n) is 8.36. The van der Waals surface area contributed by atoms with Crippen molar-refractivity contribution in [2.24, 2.45) is 0 Å². The van der Waals surface area contributed by atoms with Gasteiger partial charge >= 0.3 is 0 Å². The Morgan fingerprint density at radius 3 is 2.56 bits per heavy atom. The van der Waals surface area contributed by atoms with Crippen LogP contribution < -0.4 is 10.1 Å². The molecule has 3 aromatic rings. The van der Waals surface area contributed by atoms with E-state index in [9.17, 15) is 4.79 Å². The van der Waals surface area contributed by atoms with Gasteiger partial charge in [-0.25, -0.2) is 0 Å². The number of nitrogens with one attached hydrogen (secondary N) is 2. The molecule has 1 fully saturated rings. The number of hydrogen-bond acceptors (Lipinski definition) is 3. The third kappa shape index (κ3) is 3.01. The summed E-state index contributed by atoms with van der Waals surface area (Å²) in [6, 6.07) is 16.9. The lowest BCUT2D eigenvalue weighted by atomic mass is 10.1. The quantitative estimate of drug-likeness (QED) is 0.735. The van der Waals surface area contributed by atoms with Gasteiger partial charge in [0.1, 0.15) is 11.4 Å². The number of nitrogens with zero attached hydrogens (tertiary/aromatic N) is 1. The van der Waals surface area contributed by atoms with Gasteiger partial charge < -0.3 is 10.1 Å². The maximum atomic E-state index is 12.7. The van der Waals surface area contributed by atoms with E-state index in [0.29, 0.717) is 17.2 Å². The fraction of sp³-hybridized carbons (Fsp3) is 0.200. The SMILES string of the molecule is COc1ccccc1-c1n[nH]c(C2CC2)c1NC(=O)c1ccccc1. The first kappa shape index (κ1) is 15.4. The molecule has 1 aromatic heterocycles. The molecular formula is C20H19N3O2. The van der Waals surface area contributed by atoms with E-state index in [4.69, 9.17) is 4.74 Å². The first-order valence-corrected chi connectivity index (χ1v) is 8.36. The number of rotatable bonds is 5. The lowest BCUT2D eigenvalue weighted by molar-refractivity contribution is 0.102. The van der Waals surface area contributed by atoms with Gasteiger partial charge in [-0.3, -0.25) is 9.89 Å². The lowest BCUT2D eigenvalue weighted by Gasteiger charge is -2.10. The summed E-state index contributed by atoms with van der Waals surface area (Å²) in [7, 11) is 1.63. The average molecular weight is 333 g/mol. The van der Waals surface area contributed by atoms with Crippen molar-refractivity contribution in [2.45, 2.75) is 18.8 Å². The molecule has 25 heavy (non-hydrogen) atoms. The number of methoxy groups -OCH3 is 1. The van der Waals surface area contributed by atoms with E-state index >= 15 is 0 Å². The second kappa shape index (κ2) is 6.43. The summed E-state index contributed by atoms with van der Waals surface area (Å²) in [6.45, 7) is 0. The number of aromatic nitrogens is 2. The number of amides is 1. The fourth-order valence-electron chi connectivity index (χ4n) is 2.96. The van der Waals surface area contributed by atoms with Crippen LogP contribution in [0.2, 0.25) is 0 Å². The van der Waals surface area contributed by atoms with E-state index in [1.807, 2.05) is 42.5 Å². The molecule has 0 spiro atoms. The minimum absolute atomic E-state index is 0.139. The molecule has 0 unspecified atom stereocenters. The number of H-pyrrole nitrogens is 1. The molecule has 0 saturated heterocycles. The predicted molar refractivity (Wildman–Crippen MR) is 96.9 cm³/mol. The molecule has 0 aliphatic heterocycles. The molecule has 0 bridgehead atoms. The standard InChI is InChI=1S/C20H19N3O2/c1-25-16-10-6-5-9-15(16)18-19(17(22-23-18)13-11-12-13)21-20(24)14-7-3-2-4-8-14/h2-10,13H,11-12H2,1H3,(H,21,24)(H,22,23). The van der Waals surface area contributed by atoms with Crippen LogP contribution in [-0.4, -0.2) is 23.2 Å². The Labute approximate surface area is 146 Å². The summed E-state index contributed by atoms with van der Waals surface area (Å²) in [6.07, 6.45) is 2.23. The predicted octanol–water partition coefficient (Wildman–Crippen LogP) is 4.22. The Hall–Kier alpha value is -3.08. The topological polar surface area (TPSA) is 67.0 Å². The Morgan fingerprint density at radius 2 is 1.84 bits per heavy atom. The highest BCUT2D eigenvalue weighted by Crippen LogP contribution is 2.46. The van der Waals surface area contributed by atoms with Gasteiger partial charge in [-0.15, -0.1) is 0 Å². The number of ether oxygens (including phenoxy) is 1. The monoisotopic (exact) mass is 333 g/mol. The molecular weight excluding hydrogens is 314 g/mol. The van der Waals surface area contributed by atoms with E-state index < -0.39 is 0 Å². The average Bonchev–Trinajstić information content (AvgIpc) is 3.43. The van der Waals surface area contributed by atoms with Crippen LogP contribution in [0.15, 0.2) is 54.6 Å². The number of benzene rings is 2. The summed E-state index contributed by atoms with van der Waals surface area (Å²) in [5, 5.41) is 10.7. The van der Waals surface area contributed by atoms with Crippen LogP contribution in [-0.2, 0) is 0 Å². The van der Waals surface area contributed by atoms with E-state index in [1.54, 1.807) is 19.2 Å². The Balaban J connectivity index is 1.75. The highest BCUT2D eigenvalue weighted by atomic mass is 16.5. The molecule has 4 rings (SSSR count). The van der Waals surface area contributed by atoms with Gasteiger partial charge in [0.15, 0.2) is 0 Å². The lowest BCUT2D eigenvalue weighted by Crippen LogP contribution is -2.13. The number of carbonyl (C=O) groups excluding carboxylic acids is 1. The van der Waals surface area contributed by atoms with Crippen LogP contribution in [0.4, 0.5) is 5.69 Å². The van der Waals surface area contributed by atoms with Crippen LogP contribution in [0.25, 0.3) is 11.3 Å². The second-order valence-electron chi connectivity index (χ2n) is 6.16. The number of aromatic amines is 1. The molecule has 2 aromatic carbocycles. The number of carbonyl (C=O) groups is 1. The van der Waals surface area contributed by atoms with Crippen molar-refractivity contribution < 1.29 is 9.53 Å². The molecule has 1 heterocycles. The fourth-order valence-corrected chi connectivity index (χ4v) is 2.96. The Bertz CT molecular complexity index is 898. The number of hydrogen-bond donors (Lipinski definition) is 2. The van der Waals surface area contributed by atoms with Crippen molar-refractivity contribution in [1.82, 2.24) is 10.2 Å². The number of anilines is 1. The van der Waals surface area contributed by atoms with Gasteiger partial charge in [0, 0.05) is 17.0 Å². The third-order valence-corrected chi connectivity index (χ3v) is 4.42. The highest BCUT2D eigenvalue weighted by molar-refractivity contribution is 6.06. The van der Waals surface area contributed by atoms with Gasteiger partial charge in [0.2, 0.25) is 0 Å². The maximum Gasteiger partial charge on any atom is 0.255 e. The molecule has 2 N–H and O–H groups in total. The first-order chi connectivity index (χ1) is 12.3. The van der Waals surface area contributed by atoms with Crippen LogP contribution >= 0.6 is 0 Å². The minimum atomic E-state index is -0.139. The zero-order chi connectivity index (χ0) is 17.2. The van der Waals surface area contributed by atoms with E-state index in [2.05, 4.69) is 15.5 Å². The molecule has 1 aliphatic carbocycles. The molecule has 126 valence electrons. The normalized spacial score (nSPS) is 13.5. The smallest absolute Gasteiger partial charge is 0.255 e. The van der Waals surface area contributed by atoms with Crippen LogP contribution in [0.1, 0.15) is 34.8 Å². The highest BCUT2D eigenvalue weighted by Gasteiger charge is 2.31. The maximum absolute atomic E-state index is 12.7. The van der Waals surface area contributed by atoms with Crippen molar-refractivity contribution in [3.8, 4) is 17.0 Å². The zero-order valence-corrected chi connectivity index (χ0v) is 14.0. The van der Waals surface area contributed by atoms with Gasteiger partial charge in [-0.05, 0) is 37.1 Å².